The number of benzene rings is 3. The number of rotatable bonds is 5. The lowest BCUT2D eigenvalue weighted by atomic mass is 10.1. The van der Waals surface area contributed by atoms with Gasteiger partial charge in [-0.1, -0.05) is 48.5 Å². The molecule has 0 radical (unpaired) electrons. The minimum Gasteiger partial charge on any atom is -0.497 e. The van der Waals surface area contributed by atoms with Crippen LogP contribution >= 0.6 is 0 Å². The molecule has 0 spiro atoms. The minimum atomic E-state index is 0.393. The fourth-order valence-corrected chi connectivity index (χ4v) is 3.37. The van der Waals surface area contributed by atoms with E-state index in [1.165, 1.54) is 0 Å². The number of fused-ring (bicyclic) bond motifs is 1. The van der Waals surface area contributed by atoms with Crippen LogP contribution < -0.4 is 4.74 Å². The lowest BCUT2D eigenvalue weighted by molar-refractivity contribution is 0.415. The van der Waals surface area contributed by atoms with Gasteiger partial charge >= 0.3 is 0 Å². The van der Waals surface area contributed by atoms with Crippen molar-refractivity contribution >= 4 is 10.9 Å². The second kappa shape index (κ2) is 7.24. The summed E-state index contributed by atoms with van der Waals surface area (Å²) in [6.45, 7) is 0.393. The highest BCUT2D eigenvalue weighted by Crippen LogP contribution is 2.30. The molecule has 0 atom stereocenters. The van der Waals surface area contributed by atoms with Gasteiger partial charge in [0.1, 0.15) is 18.0 Å². The van der Waals surface area contributed by atoms with Crippen LogP contribution in [0.5, 0.6) is 5.75 Å². The number of ether oxygens (including phenoxy) is 1. The first kappa shape index (κ1) is 17.2. The molecule has 0 aliphatic heterocycles. The first-order valence-electron chi connectivity index (χ1n) is 9.29. The molecule has 0 saturated heterocycles. The van der Waals surface area contributed by atoms with Gasteiger partial charge in [0.15, 0.2) is 0 Å². The van der Waals surface area contributed by atoms with E-state index in [2.05, 4.69) is 16.3 Å². The van der Waals surface area contributed by atoms with Gasteiger partial charge in [0, 0.05) is 16.5 Å². The lowest BCUT2D eigenvalue weighted by Crippen LogP contribution is -2.02. The highest BCUT2D eigenvalue weighted by atomic mass is 16.5. The van der Waals surface area contributed by atoms with Gasteiger partial charge in [-0.25, -0.2) is 0 Å². The van der Waals surface area contributed by atoms with Crippen LogP contribution in [0.25, 0.3) is 33.6 Å². The Bertz CT molecular complexity index is 1270. The smallest absolute Gasteiger partial charge is 0.247 e. The van der Waals surface area contributed by atoms with Crippen molar-refractivity contribution < 1.29 is 9.15 Å². The molecule has 0 aliphatic carbocycles. The molecule has 0 saturated carbocycles. The highest BCUT2D eigenvalue weighted by molar-refractivity contribution is 5.93. The molecule has 5 rings (SSSR count). The van der Waals surface area contributed by atoms with Crippen LogP contribution in [0.15, 0.2) is 83.3 Å². The van der Waals surface area contributed by atoms with Gasteiger partial charge in [-0.15, -0.1) is 10.2 Å². The molecule has 5 aromatic rings. The molecule has 0 bridgehead atoms. The van der Waals surface area contributed by atoms with Crippen molar-refractivity contribution in [2.24, 2.45) is 0 Å². The van der Waals surface area contributed by atoms with Crippen LogP contribution in [-0.2, 0) is 6.54 Å². The Kier molecular flexibility index (Phi) is 4.29. The lowest BCUT2D eigenvalue weighted by Gasteiger charge is -2.02. The van der Waals surface area contributed by atoms with Crippen LogP contribution in [0.3, 0.4) is 0 Å². The van der Waals surface area contributed by atoms with Crippen LogP contribution in [0.1, 0.15) is 5.89 Å². The maximum absolute atomic E-state index is 5.87. The zero-order valence-corrected chi connectivity index (χ0v) is 15.8. The number of nitrogens with zero attached hydrogens (tertiary/aromatic N) is 4. The summed E-state index contributed by atoms with van der Waals surface area (Å²) in [5.74, 6) is 1.81. The zero-order valence-electron chi connectivity index (χ0n) is 15.8. The second-order valence-corrected chi connectivity index (χ2v) is 6.62. The molecule has 3 aromatic carbocycles. The van der Waals surface area contributed by atoms with Crippen LogP contribution in [0.2, 0.25) is 0 Å². The number of hydrogen-bond donors (Lipinski definition) is 0. The van der Waals surface area contributed by atoms with Crippen molar-refractivity contribution in [1.29, 1.82) is 0 Å². The summed E-state index contributed by atoms with van der Waals surface area (Å²) in [6.07, 6.45) is 0. The van der Waals surface area contributed by atoms with Gasteiger partial charge in [-0.2, -0.15) is 5.10 Å². The molecular weight excluding hydrogens is 364 g/mol. The summed E-state index contributed by atoms with van der Waals surface area (Å²) in [6, 6.07) is 25.8. The van der Waals surface area contributed by atoms with E-state index in [-0.39, 0.29) is 0 Å². The van der Waals surface area contributed by atoms with Gasteiger partial charge in [-0.3, -0.25) is 4.68 Å². The molecule has 6 nitrogen and oxygen atoms in total. The molecule has 0 aliphatic rings. The highest BCUT2D eigenvalue weighted by Gasteiger charge is 2.15. The zero-order chi connectivity index (χ0) is 19.6. The quantitative estimate of drug-likeness (QED) is 0.436. The Labute approximate surface area is 167 Å². The number of para-hydroxylation sites is 1. The van der Waals surface area contributed by atoms with E-state index in [0.29, 0.717) is 18.3 Å². The summed E-state index contributed by atoms with van der Waals surface area (Å²) in [5, 5.41) is 14.3. The van der Waals surface area contributed by atoms with Crippen molar-refractivity contribution in [1.82, 2.24) is 20.0 Å². The monoisotopic (exact) mass is 382 g/mol. The first-order chi connectivity index (χ1) is 14.3. The average molecular weight is 382 g/mol. The maximum Gasteiger partial charge on any atom is 0.247 e. The van der Waals surface area contributed by atoms with Gasteiger partial charge in [0.25, 0.3) is 0 Å². The predicted molar refractivity (Wildman–Crippen MR) is 111 cm³/mol. The number of aromatic nitrogens is 4. The Morgan fingerprint density at radius 2 is 1.66 bits per heavy atom. The molecule has 0 N–H and O–H groups in total. The number of methoxy groups -OCH3 is 1. The van der Waals surface area contributed by atoms with E-state index >= 15 is 0 Å². The number of hydrogen-bond acceptors (Lipinski definition) is 5. The summed E-state index contributed by atoms with van der Waals surface area (Å²) in [5.41, 5.74) is 3.79. The second-order valence-electron chi connectivity index (χ2n) is 6.62. The summed E-state index contributed by atoms with van der Waals surface area (Å²) >= 11 is 0. The standard InChI is InChI=1S/C23H18N4O2/c1-28-18-11-7-10-17(14-18)22-19-12-5-6-13-20(19)27(26-22)15-21-24-25-23(29-21)16-8-3-2-4-9-16/h2-14H,15H2,1H3. The Balaban J connectivity index is 1.54. The van der Waals surface area contributed by atoms with E-state index in [1.54, 1.807) is 7.11 Å². The van der Waals surface area contributed by atoms with Crippen LogP contribution in [0, 0.1) is 0 Å². The van der Waals surface area contributed by atoms with E-state index < -0.39 is 0 Å². The van der Waals surface area contributed by atoms with E-state index in [4.69, 9.17) is 14.3 Å². The molecule has 142 valence electrons. The van der Waals surface area contributed by atoms with E-state index in [9.17, 15) is 0 Å². The third kappa shape index (κ3) is 3.25. The molecular formula is C23H18N4O2. The molecule has 0 fully saturated rings. The van der Waals surface area contributed by atoms with Gasteiger partial charge < -0.3 is 9.15 Å². The molecule has 0 amide bonds. The first-order valence-corrected chi connectivity index (χ1v) is 9.29. The summed E-state index contributed by atoms with van der Waals surface area (Å²) in [4.78, 5) is 0. The van der Waals surface area contributed by atoms with Gasteiger partial charge in [-0.05, 0) is 30.3 Å². The normalized spacial score (nSPS) is 11.1. The average Bonchev–Trinajstić information content (AvgIpc) is 3.40. The molecule has 29 heavy (non-hydrogen) atoms. The van der Waals surface area contributed by atoms with Crippen molar-refractivity contribution in [3.8, 4) is 28.5 Å². The van der Waals surface area contributed by atoms with Crippen LogP contribution in [-0.4, -0.2) is 27.1 Å². The maximum atomic E-state index is 5.87. The van der Waals surface area contributed by atoms with Crippen LogP contribution in [0.4, 0.5) is 0 Å². The third-order valence-corrected chi connectivity index (χ3v) is 4.77. The minimum absolute atomic E-state index is 0.393. The largest absolute Gasteiger partial charge is 0.497 e. The van der Waals surface area contributed by atoms with E-state index in [1.807, 2.05) is 77.5 Å². The predicted octanol–water partition coefficient (Wildman–Crippen LogP) is 4.81. The van der Waals surface area contributed by atoms with Crippen molar-refractivity contribution in [3.63, 3.8) is 0 Å². The van der Waals surface area contributed by atoms with Crippen molar-refractivity contribution in [3.05, 3.63) is 84.8 Å². The Hall–Kier alpha value is -3.93. The summed E-state index contributed by atoms with van der Waals surface area (Å²) < 4.78 is 13.1. The van der Waals surface area contributed by atoms with Crippen molar-refractivity contribution in [2.45, 2.75) is 6.54 Å². The summed E-state index contributed by atoms with van der Waals surface area (Å²) in [7, 11) is 1.66. The molecule has 2 heterocycles. The molecule has 6 heteroatoms. The SMILES string of the molecule is COc1cccc(-c2nn(Cc3nnc(-c4ccccc4)o3)c3ccccc23)c1. The van der Waals surface area contributed by atoms with Crippen molar-refractivity contribution in [2.75, 3.05) is 7.11 Å². The Morgan fingerprint density at radius 1 is 0.862 bits per heavy atom. The Morgan fingerprint density at radius 3 is 2.52 bits per heavy atom. The molecule has 0 unspecified atom stereocenters. The topological polar surface area (TPSA) is 66.0 Å². The van der Waals surface area contributed by atoms with Gasteiger partial charge in [0.2, 0.25) is 11.8 Å². The fourth-order valence-electron chi connectivity index (χ4n) is 3.37. The van der Waals surface area contributed by atoms with Gasteiger partial charge in [0.05, 0.1) is 12.6 Å². The van der Waals surface area contributed by atoms with E-state index in [0.717, 1.165) is 33.5 Å². The third-order valence-electron chi connectivity index (χ3n) is 4.77. The molecule has 2 aromatic heterocycles. The fraction of sp³-hybridized carbons (Fsp3) is 0.0870.